The highest BCUT2D eigenvalue weighted by molar-refractivity contribution is 9.09. The molecule has 2 aliphatic heterocycles. The van der Waals surface area contributed by atoms with Gasteiger partial charge in [0.1, 0.15) is 31.5 Å². The van der Waals surface area contributed by atoms with E-state index in [0.717, 1.165) is 48.5 Å². The molecule has 0 N–H and O–H groups in total. The maximum Gasteiger partial charge on any atom is 0.303 e. The van der Waals surface area contributed by atoms with E-state index >= 15 is 0 Å². The lowest BCUT2D eigenvalue weighted by Gasteiger charge is -2.48. The van der Waals surface area contributed by atoms with E-state index < -0.39 is 115 Å². The number of alkyl halides is 1. The summed E-state index contributed by atoms with van der Waals surface area (Å²) in [6.07, 6.45) is -13.2. The fourth-order valence-electron chi connectivity index (χ4n) is 4.46. The number of carbonyl (C=O) groups is 7. The number of esters is 7. The molecule has 0 aromatic carbocycles. The first-order valence-electron chi connectivity index (χ1n) is 13.2. The van der Waals surface area contributed by atoms with Crippen molar-refractivity contribution in [3.63, 3.8) is 0 Å². The Morgan fingerprint density at radius 3 is 1.27 bits per heavy atom. The summed E-state index contributed by atoms with van der Waals surface area (Å²) in [6.45, 7) is 6.57. The molecule has 18 heteroatoms. The minimum Gasteiger partial charge on any atom is -0.463 e. The van der Waals surface area contributed by atoms with Gasteiger partial charge in [-0.3, -0.25) is 33.6 Å². The van der Waals surface area contributed by atoms with Crippen LogP contribution in [0.1, 0.15) is 48.5 Å². The molecule has 2 rings (SSSR count). The highest BCUT2D eigenvalue weighted by Crippen LogP contribution is 2.36. The molecule has 0 bridgehead atoms. The average Bonchev–Trinajstić information content (AvgIpc) is 2.87. The van der Waals surface area contributed by atoms with Gasteiger partial charge in [-0.2, -0.15) is 0 Å². The fourth-order valence-corrected chi connectivity index (χ4v) is 5.15. The number of rotatable bonds is 11. The summed E-state index contributed by atoms with van der Waals surface area (Å²) in [5, 5.41) is -1.09. The van der Waals surface area contributed by atoms with Crippen LogP contribution >= 0.6 is 15.9 Å². The Morgan fingerprint density at radius 1 is 0.477 bits per heavy atom. The van der Waals surface area contributed by atoms with E-state index in [1.54, 1.807) is 0 Å². The Kier molecular flexibility index (Phi) is 13.9. The number of hydrogen-bond acceptors (Lipinski definition) is 17. The van der Waals surface area contributed by atoms with Crippen molar-refractivity contribution >= 4 is 57.7 Å². The minimum atomic E-state index is -1.73. The van der Waals surface area contributed by atoms with E-state index in [2.05, 4.69) is 15.9 Å². The third kappa shape index (κ3) is 11.0. The van der Waals surface area contributed by atoms with Crippen molar-refractivity contribution in [2.24, 2.45) is 0 Å². The monoisotopic (exact) mass is 698 g/mol. The van der Waals surface area contributed by atoms with E-state index in [4.69, 9.17) is 47.4 Å². The van der Waals surface area contributed by atoms with E-state index in [0.29, 0.717) is 0 Å². The second kappa shape index (κ2) is 16.6. The van der Waals surface area contributed by atoms with Gasteiger partial charge < -0.3 is 47.4 Å². The predicted octanol–water partition coefficient (Wildman–Crippen LogP) is 0.00100. The summed E-state index contributed by atoms with van der Waals surface area (Å²) in [6, 6.07) is 0. The molecule has 0 unspecified atom stereocenters. The molecule has 10 atom stereocenters. The van der Waals surface area contributed by atoms with Gasteiger partial charge in [-0.1, -0.05) is 15.9 Å². The van der Waals surface area contributed by atoms with Crippen LogP contribution in [0.25, 0.3) is 0 Å². The zero-order valence-corrected chi connectivity index (χ0v) is 26.6. The molecule has 0 radical (unpaired) electrons. The van der Waals surface area contributed by atoms with Gasteiger partial charge in [0.2, 0.25) is 0 Å². The van der Waals surface area contributed by atoms with Crippen LogP contribution in [0.5, 0.6) is 0 Å². The molecule has 2 heterocycles. The van der Waals surface area contributed by atoms with Crippen LogP contribution in [-0.2, 0) is 80.9 Å². The van der Waals surface area contributed by atoms with Crippen LogP contribution in [0.2, 0.25) is 0 Å². The van der Waals surface area contributed by atoms with Crippen molar-refractivity contribution in [1.29, 1.82) is 0 Å². The van der Waals surface area contributed by atoms with E-state index in [-0.39, 0.29) is 0 Å². The van der Waals surface area contributed by atoms with E-state index in [9.17, 15) is 33.6 Å². The van der Waals surface area contributed by atoms with Crippen molar-refractivity contribution in [2.45, 2.75) is 109 Å². The van der Waals surface area contributed by atoms with E-state index in [1.807, 2.05) is 0 Å². The molecule has 2 fully saturated rings. The third-order valence-electron chi connectivity index (χ3n) is 5.87. The van der Waals surface area contributed by atoms with Gasteiger partial charge in [0, 0.05) is 48.5 Å². The van der Waals surface area contributed by atoms with Gasteiger partial charge in [-0.15, -0.1) is 0 Å². The van der Waals surface area contributed by atoms with Gasteiger partial charge >= 0.3 is 41.8 Å². The minimum absolute atomic E-state index is 0.460. The molecule has 17 nitrogen and oxygen atoms in total. The molecule has 0 aromatic rings. The van der Waals surface area contributed by atoms with Crippen molar-refractivity contribution in [2.75, 3.05) is 13.2 Å². The number of ether oxygens (including phenoxy) is 10. The van der Waals surface area contributed by atoms with Crippen LogP contribution in [0.15, 0.2) is 0 Å². The van der Waals surface area contributed by atoms with Gasteiger partial charge in [0.25, 0.3) is 0 Å². The molecular weight excluding hydrogens is 664 g/mol. The molecular formula is C26H35BrO17. The maximum atomic E-state index is 12.2. The summed E-state index contributed by atoms with van der Waals surface area (Å²) in [7, 11) is 0. The lowest BCUT2D eigenvalue weighted by atomic mass is 9.96. The second-order valence-corrected chi connectivity index (χ2v) is 10.5. The Morgan fingerprint density at radius 2 is 0.841 bits per heavy atom. The van der Waals surface area contributed by atoms with Crippen LogP contribution in [0.3, 0.4) is 0 Å². The summed E-state index contributed by atoms with van der Waals surface area (Å²) in [5.41, 5.74) is 0. The summed E-state index contributed by atoms with van der Waals surface area (Å²) in [5.74, 6) is -5.63. The smallest absolute Gasteiger partial charge is 0.303 e. The van der Waals surface area contributed by atoms with Crippen LogP contribution in [-0.4, -0.2) is 115 Å². The molecule has 0 spiro atoms. The van der Waals surface area contributed by atoms with Gasteiger partial charge in [-0.25, -0.2) is 0 Å². The SMILES string of the molecule is CC(=O)OC[C@H]1O[C@H](Br)[C@H](OC(C)=O)[C@@H](OC(C)=O)[C@H]1O[C@@H]1O[C@H](COC(C)=O)[C@H](OC(C)=O)[C@H](OC(C)=O)[C@H]1OC(C)=O. The molecule has 0 saturated carbocycles. The molecule has 0 aromatic heterocycles. The highest BCUT2D eigenvalue weighted by atomic mass is 79.9. The maximum absolute atomic E-state index is 12.2. The van der Waals surface area contributed by atoms with Crippen molar-refractivity contribution in [3.8, 4) is 0 Å². The molecule has 0 aliphatic carbocycles. The largest absolute Gasteiger partial charge is 0.463 e. The molecule has 2 saturated heterocycles. The number of carbonyl (C=O) groups excluding carboxylic acids is 7. The predicted molar refractivity (Wildman–Crippen MR) is 142 cm³/mol. The van der Waals surface area contributed by atoms with E-state index in [1.165, 1.54) is 0 Å². The number of halogens is 1. The van der Waals surface area contributed by atoms with Gasteiger partial charge in [-0.05, 0) is 0 Å². The van der Waals surface area contributed by atoms with Crippen LogP contribution < -0.4 is 0 Å². The summed E-state index contributed by atoms with van der Waals surface area (Å²) >= 11 is 3.23. The zero-order chi connectivity index (χ0) is 33.3. The topological polar surface area (TPSA) is 212 Å². The van der Waals surface area contributed by atoms with Gasteiger partial charge in [0.15, 0.2) is 41.8 Å². The van der Waals surface area contributed by atoms with Gasteiger partial charge in [0.05, 0.1) is 0 Å². The first kappa shape index (κ1) is 36.8. The number of hydrogen-bond donors (Lipinski definition) is 0. The fraction of sp³-hybridized carbons (Fsp3) is 0.731. The molecule has 248 valence electrons. The summed E-state index contributed by atoms with van der Waals surface area (Å²) in [4.78, 5) is 83.8. The van der Waals surface area contributed by atoms with Crippen molar-refractivity contribution in [1.82, 2.24) is 0 Å². The summed E-state index contributed by atoms with van der Waals surface area (Å²) < 4.78 is 55.2. The van der Waals surface area contributed by atoms with Crippen LogP contribution in [0.4, 0.5) is 0 Å². The lowest BCUT2D eigenvalue weighted by Crippen LogP contribution is -2.66. The van der Waals surface area contributed by atoms with Crippen LogP contribution in [0, 0.1) is 0 Å². The molecule has 2 aliphatic rings. The molecule has 0 amide bonds. The first-order chi connectivity index (χ1) is 20.5. The average molecular weight is 699 g/mol. The van der Waals surface area contributed by atoms with Crippen molar-refractivity contribution < 1.29 is 80.9 Å². The molecule has 44 heavy (non-hydrogen) atoms. The standard InChI is InChI=1S/C26H35BrO17/c1-10(28)35-8-17-20(21(38-13(4)31)23(25(27)42-17)40-15(6)33)44-26-24(41-16(7)34)22(39-14(5)32)19(37-12(3)30)18(43-26)9-36-11(2)29/h17-26H,8-9H2,1-7H3/t17-,18-,19+,20+,21+,22+,23-,24-,25+,26+/m1/s1. The Bertz CT molecular complexity index is 1090. The quantitative estimate of drug-likeness (QED) is 0.158. The zero-order valence-electron chi connectivity index (χ0n) is 25.0. The second-order valence-electron chi connectivity index (χ2n) is 9.64. The Balaban J connectivity index is 2.66. The normalized spacial score (nSPS) is 31.5. The highest BCUT2D eigenvalue weighted by Gasteiger charge is 2.57. The Labute approximate surface area is 260 Å². The lowest BCUT2D eigenvalue weighted by molar-refractivity contribution is -0.341. The van der Waals surface area contributed by atoms with Crippen molar-refractivity contribution in [3.05, 3.63) is 0 Å². The Hall–Kier alpha value is -3.35. The first-order valence-corrected chi connectivity index (χ1v) is 14.1. The third-order valence-corrected chi connectivity index (χ3v) is 6.61.